The maximum atomic E-state index is 5.98. The van der Waals surface area contributed by atoms with Crippen molar-refractivity contribution >= 4 is 0 Å². The number of hydrogen-bond acceptors (Lipinski definition) is 2. The van der Waals surface area contributed by atoms with Gasteiger partial charge in [-0.3, -0.25) is 4.68 Å². The van der Waals surface area contributed by atoms with E-state index >= 15 is 0 Å². The van der Waals surface area contributed by atoms with Gasteiger partial charge in [0.2, 0.25) is 0 Å². The molecular weight excluding hydrogens is 198 g/mol. The standard InChI is InChI=1S/C13H23N3/c1-11-3-5-13(7-11,10-14)6-4-12-8-15-16(2)9-12/h8-9,11H,3-7,10,14H2,1-2H3. The molecule has 0 aromatic carbocycles. The highest BCUT2D eigenvalue weighted by Crippen LogP contribution is 2.44. The molecule has 1 aliphatic rings. The van der Waals surface area contributed by atoms with Crippen LogP contribution in [0.2, 0.25) is 0 Å². The van der Waals surface area contributed by atoms with Gasteiger partial charge in [0, 0.05) is 13.2 Å². The summed E-state index contributed by atoms with van der Waals surface area (Å²) in [6.07, 6.45) is 10.4. The molecule has 2 atom stereocenters. The summed E-state index contributed by atoms with van der Waals surface area (Å²) in [6.45, 7) is 3.19. The Kier molecular flexibility index (Phi) is 3.33. The second-order valence-corrected chi connectivity index (χ2v) is 5.57. The van der Waals surface area contributed by atoms with Gasteiger partial charge in [-0.2, -0.15) is 5.10 Å². The maximum absolute atomic E-state index is 5.98. The van der Waals surface area contributed by atoms with E-state index in [0.717, 1.165) is 18.9 Å². The third-order valence-electron chi connectivity index (χ3n) is 4.08. The molecule has 0 spiro atoms. The fraction of sp³-hybridized carbons (Fsp3) is 0.769. The van der Waals surface area contributed by atoms with Crippen LogP contribution in [-0.2, 0) is 13.5 Å². The quantitative estimate of drug-likeness (QED) is 0.846. The van der Waals surface area contributed by atoms with Crippen LogP contribution in [0.4, 0.5) is 0 Å². The molecule has 2 rings (SSSR count). The molecule has 1 aromatic heterocycles. The number of aryl methyl sites for hydroxylation is 2. The van der Waals surface area contributed by atoms with Crippen LogP contribution in [0.25, 0.3) is 0 Å². The van der Waals surface area contributed by atoms with Crippen molar-refractivity contribution < 1.29 is 0 Å². The summed E-state index contributed by atoms with van der Waals surface area (Å²) < 4.78 is 1.88. The Balaban J connectivity index is 1.93. The molecule has 3 nitrogen and oxygen atoms in total. The Morgan fingerprint density at radius 2 is 2.44 bits per heavy atom. The molecule has 0 radical (unpaired) electrons. The highest BCUT2D eigenvalue weighted by molar-refractivity contribution is 5.05. The van der Waals surface area contributed by atoms with E-state index < -0.39 is 0 Å². The highest BCUT2D eigenvalue weighted by atomic mass is 15.2. The van der Waals surface area contributed by atoms with E-state index in [1.54, 1.807) is 0 Å². The molecule has 0 bridgehead atoms. The molecule has 1 aromatic rings. The minimum atomic E-state index is 0.412. The van der Waals surface area contributed by atoms with Gasteiger partial charge in [0.25, 0.3) is 0 Å². The van der Waals surface area contributed by atoms with Crippen LogP contribution in [-0.4, -0.2) is 16.3 Å². The van der Waals surface area contributed by atoms with E-state index in [1.807, 2.05) is 17.9 Å². The van der Waals surface area contributed by atoms with E-state index in [0.29, 0.717) is 5.41 Å². The van der Waals surface area contributed by atoms with E-state index in [9.17, 15) is 0 Å². The van der Waals surface area contributed by atoms with Gasteiger partial charge in [0.05, 0.1) is 6.20 Å². The topological polar surface area (TPSA) is 43.8 Å². The lowest BCUT2D eigenvalue weighted by Gasteiger charge is -2.27. The zero-order valence-electron chi connectivity index (χ0n) is 10.4. The zero-order valence-corrected chi connectivity index (χ0v) is 10.4. The largest absolute Gasteiger partial charge is 0.330 e. The highest BCUT2D eigenvalue weighted by Gasteiger charge is 2.35. The van der Waals surface area contributed by atoms with Crippen LogP contribution in [0.3, 0.4) is 0 Å². The lowest BCUT2D eigenvalue weighted by molar-refractivity contribution is 0.273. The summed E-state index contributed by atoms with van der Waals surface area (Å²) >= 11 is 0. The van der Waals surface area contributed by atoms with Crippen molar-refractivity contribution in [1.82, 2.24) is 9.78 Å². The normalized spacial score (nSPS) is 29.8. The Morgan fingerprint density at radius 3 is 2.94 bits per heavy atom. The minimum Gasteiger partial charge on any atom is -0.330 e. The average Bonchev–Trinajstić information content (AvgIpc) is 2.83. The lowest BCUT2D eigenvalue weighted by Crippen LogP contribution is -2.28. The molecule has 1 fully saturated rings. The van der Waals surface area contributed by atoms with Gasteiger partial charge in [-0.1, -0.05) is 13.3 Å². The van der Waals surface area contributed by atoms with E-state index in [1.165, 1.54) is 31.2 Å². The van der Waals surface area contributed by atoms with Gasteiger partial charge >= 0.3 is 0 Å². The molecule has 0 amide bonds. The Labute approximate surface area is 98.0 Å². The van der Waals surface area contributed by atoms with Crippen LogP contribution in [0.15, 0.2) is 12.4 Å². The van der Waals surface area contributed by atoms with E-state index in [-0.39, 0.29) is 0 Å². The predicted octanol–water partition coefficient (Wildman–Crippen LogP) is 2.12. The fourth-order valence-corrected chi connectivity index (χ4v) is 3.02. The third-order valence-corrected chi connectivity index (χ3v) is 4.08. The van der Waals surface area contributed by atoms with Crippen LogP contribution in [0, 0.1) is 11.3 Å². The molecule has 16 heavy (non-hydrogen) atoms. The molecule has 1 saturated carbocycles. The first-order valence-corrected chi connectivity index (χ1v) is 6.31. The van der Waals surface area contributed by atoms with E-state index in [4.69, 9.17) is 5.73 Å². The predicted molar refractivity (Wildman–Crippen MR) is 66.0 cm³/mol. The summed E-state index contributed by atoms with van der Waals surface area (Å²) in [6, 6.07) is 0. The summed E-state index contributed by atoms with van der Waals surface area (Å²) in [7, 11) is 1.97. The maximum Gasteiger partial charge on any atom is 0.0521 e. The van der Waals surface area contributed by atoms with Crippen molar-refractivity contribution in [3.8, 4) is 0 Å². The Hall–Kier alpha value is -0.830. The second kappa shape index (κ2) is 4.58. The van der Waals surface area contributed by atoms with Gasteiger partial charge in [0.15, 0.2) is 0 Å². The smallest absolute Gasteiger partial charge is 0.0521 e. The number of hydrogen-bond donors (Lipinski definition) is 1. The number of aromatic nitrogens is 2. The average molecular weight is 221 g/mol. The van der Waals surface area contributed by atoms with Crippen LogP contribution in [0.5, 0.6) is 0 Å². The number of nitrogens with two attached hydrogens (primary N) is 1. The summed E-state index contributed by atoms with van der Waals surface area (Å²) in [5.74, 6) is 0.859. The summed E-state index contributed by atoms with van der Waals surface area (Å²) in [5, 5.41) is 4.21. The SMILES string of the molecule is CC1CCC(CN)(CCc2cnn(C)c2)C1. The Bertz CT molecular complexity index is 345. The molecule has 2 unspecified atom stereocenters. The first-order chi connectivity index (χ1) is 7.63. The van der Waals surface area contributed by atoms with Crippen molar-refractivity contribution in [1.29, 1.82) is 0 Å². The minimum absolute atomic E-state index is 0.412. The van der Waals surface area contributed by atoms with Gasteiger partial charge in [-0.25, -0.2) is 0 Å². The van der Waals surface area contributed by atoms with Crippen molar-refractivity contribution in [2.45, 2.75) is 39.0 Å². The van der Waals surface area contributed by atoms with Crippen molar-refractivity contribution in [3.05, 3.63) is 18.0 Å². The van der Waals surface area contributed by atoms with Crippen LogP contribution < -0.4 is 5.73 Å². The number of nitrogens with zero attached hydrogens (tertiary/aromatic N) is 2. The van der Waals surface area contributed by atoms with Crippen LogP contribution >= 0.6 is 0 Å². The van der Waals surface area contributed by atoms with Crippen molar-refractivity contribution in [3.63, 3.8) is 0 Å². The first-order valence-electron chi connectivity index (χ1n) is 6.31. The molecular formula is C13H23N3. The van der Waals surface area contributed by atoms with Crippen LogP contribution in [0.1, 0.15) is 38.2 Å². The van der Waals surface area contributed by atoms with Crippen molar-refractivity contribution in [2.75, 3.05) is 6.54 Å². The third kappa shape index (κ3) is 2.46. The lowest BCUT2D eigenvalue weighted by atomic mass is 9.80. The van der Waals surface area contributed by atoms with Gasteiger partial charge in [-0.15, -0.1) is 0 Å². The first kappa shape index (κ1) is 11.6. The Morgan fingerprint density at radius 1 is 1.62 bits per heavy atom. The van der Waals surface area contributed by atoms with E-state index in [2.05, 4.69) is 18.2 Å². The molecule has 0 aliphatic heterocycles. The van der Waals surface area contributed by atoms with Gasteiger partial charge in [0.1, 0.15) is 0 Å². The monoisotopic (exact) mass is 221 g/mol. The summed E-state index contributed by atoms with van der Waals surface area (Å²) in [5.41, 5.74) is 7.73. The molecule has 1 heterocycles. The van der Waals surface area contributed by atoms with Gasteiger partial charge in [-0.05, 0) is 49.1 Å². The summed E-state index contributed by atoms with van der Waals surface area (Å²) in [4.78, 5) is 0. The van der Waals surface area contributed by atoms with Gasteiger partial charge < -0.3 is 5.73 Å². The number of rotatable bonds is 4. The fourth-order valence-electron chi connectivity index (χ4n) is 3.02. The molecule has 1 aliphatic carbocycles. The molecule has 3 heteroatoms. The van der Waals surface area contributed by atoms with Crippen molar-refractivity contribution in [2.24, 2.45) is 24.1 Å². The molecule has 2 N–H and O–H groups in total. The zero-order chi connectivity index (χ0) is 11.6. The molecule has 90 valence electrons. The second-order valence-electron chi connectivity index (χ2n) is 5.57. The molecule has 0 saturated heterocycles.